The van der Waals surface area contributed by atoms with Gasteiger partial charge in [0.1, 0.15) is 46.6 Å². The average molecular weight is 612 g/mol. The molecule has 1 aliphatic carbocycles. The molecule has 2 aliphatic rings. The summed E-state index contributed by atoms with van der Waals surface area (Å²) in [6, 6.07) is 8.90. The van der Waals surface area contributed by atoms with E-state index in [0.29, 0.717) is 45.4 Å². The number of carbonyl (C=O) groups is 2. The molecule has 3 atom stereocenters. The highest BCUT2D eigenvalue weighted by molar-refractivity contribution is 9.10. The zero-order chi connectivity index (χ0) is 28.4. The Hall–Kier alpha value is -4.45. The lowest BCUT2D eigenvalue weighted by Gasteiger charge is -2.27. The summed E-state index contributed by atoms with van der Waals surface area (Å²) in [6.45, 7) is 3.86. The van der Waals surface area contributed by atoms with Crippen molar-refractivity contribution in [2.75, 3.05) is 11.1 Å². The molecule has 1 aromatic carbocycles. The number of nitrogens with one attached hydrogen (secondary N) is 1. The Kier molecular flexibility index (Phi) is 5.96. The van der Waals surface area contributed by atoms with Crippen molar-refractivity contribution >= 4 is 61.3 Å². The first-order chi connectivity index (χ1) is 19.8. The van der Waals surface area contributed by atoms with Crippen molar-refractivity contribution < 1.29 is 9.59 Å². The van der Waals surface area contributed by atoms with Crippen LogP contribution in [0.25, 0.3) is 33.1 Å². The molecule has 12 heteroatoms. The van der Waals surface area contributed by atoms with E-state index in [4.69, 9.17) is 5.73 Å². The van der Waals surface area contributed by atoms with E-state index in [0.717, 1.165) is 34.0 Å². The van der Waals surface area contributed by atoms with Gasteiger partial charge in [-0.1, -0.05) is 6.07 Å². The molecule has 1 saturated heterocycles. The van der Waals surface area contributed by atoms with Crippen molar-refractivity contribution in [3.05, 3.63) is 65.0 Å². The van der Waals surface area contributed by atoms with Crippen LogP contribution in [0.2, 0.25) is 0 Å². The Bertz CT molecular complexity index is 1870. The standard InChI is InChI=1S/C29H26BrN9O2/c1-14-6-16(18-10-32-15(2)33-11-18)7-19-25-27(31)34-13-35-28(25)38(26(14)19)12-24(40)39-20-8-17(20)9-21(39)29(41)37-23-5-3-4-22(30)36-23/h3-7,10-11,13,17,20-21H,8-9,12H2,1-2H3,(H2,31,34,35)(H,36,37,41)/t17-,20?,21+/m1/s1. The molecule has 1 aliphatic heterocycles. The van der Waals surface area contributed by atoms with Gasteiger partial charge in [-0.15, -0.1) is 0 Å². The van der Waals surface area contributed by atoms with Gasteiger partial charge in [0.2, 0.25) is 11.8 Å². The van der Waals surface area contributed by atoms with Crippen LogP contribution in [0.5, 0.6) is 0 Å². The summed E-state index contributed by atoms with van der Waals surface area (Å²) in [6.07, 6.45) is 6.54. The number of fused-ring (bicyclic) bond motifs is 4. The lowest BCUT2D eigenvalue weighted by atomic mass is 10.0. The minimum absolute atomic E-state index is 0.0203. The van der Waals surface area contributed by atoms with Gasteiger partial charge in [0.15, 0.2) is 0 Å². The summed E-state index contributed by atoms with van der Waals surface area (Å²) in [7, 11) is 0. The molecule has 11 nitrogen and oxygen atoms in total. The first-order valence-corrected chi connectivity index (χ1v) is 14.1. The Morgan fingerprint density at radius 2 is 1.88 bits per heavy atom. The van der Waals surface area contributed by atoms with Gasteiger partial charge in [-0.25, -0.2) is 24.9 Å². The first-order valence-electron chi connectivity index (χ1n) is 13.3. The molecule has 0 spiro atoms. The lowest BCUT2D eigenvalue weighted by Crippen LogP contribution is -2.46. The fourth-order valence-corrected chi connectivity index (χ4v) is 6.45. The van der Waals surface area contributed by atoms with Crippen molar-refractivity contribution in [2.45, 2.75) is 45.3 Å². The number of likely N-dealkylation sites (tertiary alicyclic amines) is 1. The van der Waals surface area contributed by atoms with Gasteiger partial charge in [0, 0.05) is 29.4 Å². The largest absolute Gasteiger partial charge is 0.383 e. The quantitative estimate of drug-likeness (QED) is 0.283. The molecule has 41 heavy (non-hydrogen) atoms. The zero-order valence-electron chi connectivity index (χ0n) is 22.4. The Morgan fingerprint density at radius 1 is 1.07 bits per heavy atom. The zero-order valence-corrected chi connectivity index (χ0v) is 24.0. The number of nitrogens with two attached hydrogens (primary N) is 1. The average Bonchev–Trinajstić information content (AvgIpc) is 3.48. The number of amides is 2. The van der Waals surface area contributed by atoms with Crippen molar-refractivity contribution in [2.24, 2.45) is 5.92 Å². The SMILES string of the molecule is Cc1ncc(-c2cc(C)c3c(c2)c2c(N)ncnc2n3CC(=O)N2C3C[C@@H]3C[C@H]2C(=O)Nc2cccc(Br)n2)cn1. The fourth-order valence-electron chi connectivity index (χ4n) is 6.10. The molecule has 1 unspecified atom stereocenters. The summed E-state index contributed by atoms with van der Waals surface area (Å²) in [4.78, 5) is 50.8. The number of nitrogen functional groups attached to an aromatic ring is 1. The molecule has 4 aromatic heterocycles. The summed E-state index contributed by atoms with van der Waals surface area (Å²) in [5, 5.41) is 4.42. The van der Waals surface area contributed by atoms with Gasteiger partial charge in [-0.3, -0.25) is 9.59 Å². The van der Waals surface area contributed by atoms with Crippen molar-refractivity contribution in [1.82, 2.24) is 34.4 Å². The van der Waals surface area contributed by atoms with E-state index in [2.05, 4.69) is 46.2 Å². The third-order valence-electron chi connectivity index (χ3n) is 8.02. The number of benzene rings is 1. The predicted molar refractivity (Wildman–Crippen MR) is 158 cm³/mol. The van der Waals surface area contributed by atoms with E-state index < -0.39 is 6.04 Å². The van der Waals surface area contributed by atoms with Gasteiger partial charge in [-0.2, -0.15) is 0 Å². The van der Waals surface area contributed by atoms with E-state index >= 15 is 0 Å². The van der Waals surface area contributed by atoms with Gasteiger partial charge < -0.3 is 20.5 Å². The maximum absolute atomic E-state index is 14.0. The van der Waals surface area contributed by atoms with Crippen molar-refractivity contribution in [3.63, 3.8) is 0 Å². The third-order valence-corrected chi connectivity index (χ3v) is 8.46. The highest BCUT2D eigenvalue weighted by Gasteiger charge is 2.56. The van der Waals surface area contributed by atoms with E-state index in [1.54, 1.807) is 35.5 Å². The van der Waals surface area contributed by atoms with Crippen LogP contribution in [0.15, 0.2) is 53.7 Å². The molecule has 2 amide bonds. The van der Waals surface area contributed by atoms with E-state index in [9.17, 15) is 9.59 Å². The normalized spacial score (nSPS) is 19.5. The second kappa shape index (κ2) is 9.58. The van der Waals surface area contributed by atoms with Gasteiger partial charge in [-0.05, 0) is 83.9 Å². The van der Waals surface area contributed by atoms with Crippen molar-refractivity contribution in [1.29, 1.82) is 0 Å². The van der Waals surface area contributed by atoms with E-state index in [1.807, 2.05) is 30.5 Å². The molecular formula is C29H26BrN9O2. The fraction of sp³-hybridized carbons (Fsp3) is 0.276. The third kappa shape index (κ3) is 4.38. The molecule has 0 bridgehead atoms. The van der Waals surface area contributed by atoms with Crippen LogP contribution in [0.3, 0.4) is 0 Å². The monoisotopic (exact) mass is 611 g/mol. The molecule has 2 fully saturated rings. The summed E-state index contributed by atoms with van der Waals surface area (Å²) in [5.74, 6) is 1.44. The van der Waals surface area contributed by atoms with Crippen LogP contribution in [0, 0.1) is 19.8 Å². The van der Waals surface area contributed by atoms with Crippen molar-refractivity contribution in [3.8, 4) is 11.1 Å². The number of hydrogen-bond donors (Lipinski definition) is 2. The smallest absolute Gasteiger partial charge is 0.248 e. The Balaban J connectivity index is 1.26. The molecule has 7 rings (SSSR count). The Morgan fingerprint density at radius 3 is 2.66 bits per heavy atom. The molecule has 0 radical (unpaired) electrons. The van der Waals surface area contributed by atoms with Crippen LogP contribution >= 0.6 is 15.9 Å². The second-order valence-corrected chi connectivity index (χ2v) is 11.5. The van der Waals surface area contributed by atoms with E-state index in [1.165, 1.54) is 6.33 Å². The highest BCUT2D eigenvalue weighted by atomic mass is 79.9. The number of carbonyl (C=O) groups excluding carboxylic acids is 2. The van der Waals surface area contributed by atoms with Crippen LogP contribution in [-0.2, 0) is 16.1 Å². The van der Waals surface area contributed by atoms with E-state index in [-0.39, 0.29) is 24.4 Å². The van der Waals surface area contributed by atoms with Gasteiger partial charge >= 0.3 is 0 Å². The van der Waals surface area contributed by atoms with Gasteiger partial charge in [0.05, 0.1) is 10.9 Å². The van der Waals surface area contributed by atoms with Crippen LogP contribution in [0.4, 0.5) is 11.6 Å². The molecular weight excluding hydrogens is 586 g/mol. The molecule has 1 saturated carbocycles. The van der Waals surface area contributed by atoms with Gasteiger partial charge in [0.25, 0.3) is 0 Å². The molecule has 3 N–H and O–H groups in total. The number of piperidine rings is 1. The van der Waals surface area contributed by atoms with Crippen LogP contribution in [0.1, 0.15) is 24.2 Å². The molecule has 5 aromatic rings. The topological polar surface area (TPSA) is 145 Å². The minimum atomic E-state index is -0.561. The number of nitrogens with zero attached hydrogens (tertiary/aromatic N) is 7. The lowest BCUT2D eigenvalue weighted by molar-refractivity contribution is -0.138. The van der Waals surface area contributed by atoms with Crippen LogP contribution in [-0.4, -0.2) is 58.3 Å². The first kappa shape index (κ1) is 25.5. The number of hydrogen-bond acceptors (Lipinski definition) is 8. The highest BCUT2D eigenvalue weighted by Crippen LogP contribution is 2.48. The second-order valence-electron chi connectivity index (χ2n) is 10.7. The number of anilines is 2. The number of pyridine rings is 1. The number of halogens is 1. The number of aromatic nitrogens is 6. The van der Waals surface area contributed by atoms with Crippen LogP contribution < -0.4 is 11.1 Å². The summed E-state index contributed by atoms with van der Waals surface area (Å²) in [5.41, 5.74) is 10.6. The molecule has 5 heterocycles. The minimum Gasteiger partial charge on any atom is -0.383 e. The summed E-state index contributed by atoms with van der Waals surface area (Å²) < 4.78 is 2.52. The predicted octanol–water partition coefficient (Wildman–Crippen LogP) is 4.03. The maximum atomic E-state index is 14.0. The maximum Gasteiger partial charge on any atom is 0.248 e. The Labute approximate surface area is 243 Å². The molecule has 206 valence electrons. The number of aryl methyl sites for hydroxylation is 2. The number of rotatable bonds is 5. The summed E-state index contributed by atoms with van der Waals surface area (Å²) >= 11 is 3.34.